The lowest BCUT2D eigenvalue weighted by atomic mass is 9.95. The van der Waals surface area contributed by atoms with Gasteiger partial charge in [0.15, 0.2) is 0 Å². The van der Waals surface area contributed by atoms with E-state index in [1.165, 1.54) is 42.4 Å². The second-order valence-corrected chi connectivity index (χ2v) is 17.4. The molecule has 3 nitrogen and oxygen atoms in total. The molecule has 64 heavy (non-hydrogen) atoms. The average Bonchev–Trinajstić information content (AvgIpc) is 4.06. The highest BCUT2D eigenvalue weighted by Crippen LogP contribution is 2.54. The van der Waals surface area contributed by atoms with E-state index in [2.05, 4.69) is 223 Å². The van der Waals surface area contributed by atoms with Crippen molar-refractivity contribution in [3.63, 3.8) is 0 Å². The third kappa shape index (κ3) is 5.81. The Labute approximate surface area is 373 Å². The minimum atomic E-state index is 0.822. The Bertz CT molecular complexity index is 3890. The molecule has 13 rings (SSSR count). The monoisotopic (exact) mass is 835 g/mol. The second-order valence-electron chi connectivity index (χ2n) is 16.3. The zero-order chi connectivity index (χ0) is 42.1. The molecule has 13 aromatic rings. The summed E-state index contributed by atoms with van der Waals surface area (Å²) < 4.78 is 16.2. The van der Waals surface area contributed by atoms with E-state index in [-0.39, 0.29) is 0 Å². The summed E-state index contributed by atoms with van der Waals surface area (Å²) in [6.07, 6.45) is 0. The molecular formula is C60H37NO2S. The molecule has 0 aliphatic heterocycles. The number of para-hydroxylation sites is 2. The van der Waals surface area contributed by atoms with E-state index in [1.807, 2.05) is 17.4 Å². The van der Waals surface area contributed by atoms with Gasteiger partial charge in [-0.15, -0.1) is 11.3 Å². The van der Waals surface area contributed by atoms with Crippen LogP contribution in [0.4, 0.5) is 17.1 Å². The molecule has 4 heteroatoms. The van der Waals surface area contributed by atoms with Gasteiger partial charge in [-0.1, -0.05) is 176 Å². The predicted molar refractivity (Wildman–Crippen MR) is 270 cm³/mol. The summed E-state index contributed by atoms with van der Waals surface area (Å²) in [4.78, 5) is 2.48. The van der Waals surface area contributed by atoms with Crippen molar-refractivity contribution in [2.45, 2.75) is 0 Å². The molecule has 0 aliphatic carbocycles. The number of fused-ring (bicyclic) bond motifs is 9. The summed E-state index contributed by atoms with van der Waals surface area (Å²) in [5, 5.41) is 6.69. The number of furan rings is 2. The maximum Gasteiger partial charge on any atom is 0.143 e. The summed E-state index contributed by atoms with van der Waals surface area (Å²) in [5.41, 5.74) is 15.7. The molecule has 0 fully saturated rings. The normalized spacial score (nSPS) is 11.8. The number of benzene rings is 10. The van der Waals surface area contributed by atoms with Gasteiger partial charge in [0.2, 0.25) is 0 Å². The minimum Gasteiger partial charge on any atom is -0.456 e. The number of nitrogens with zero attached hydrogens (tertiary/aromatic N) is 1. The SMILES string of the molecule is c1ccc(-c2ccc3c(c2)sc2c(-c4ccccc4)ccc(N(c4ccc5c(c4)oc4ccccc45)c4c(-c5ccccc5)ccc5oc6c(-c7ccccc7)cccc6c45)c23)cc1. The number of rotatable bonds is 7. The van der Waals surface area contributed by atoms with Crippen LogP contribution in [0.1, 0.15) is 0 Å². The van der Waals surface area contributed by atoms with E-state index in [1.54, 1.807) is 0 Å². The van der Waals surface area contributed by atoms with Crippen LogP contribution < -0.4 is 4.90 Å². The number of anilines is 3. The van der Waals surface area contributed by atoms with Crippen molar-refractivity contribution < 1.29 is 8.83 Å². The maximum atomic E-state index is 7.03. The zero-order valence-corrected chi connectivity index (χ0v) is 35.4. The molecule has 0 amide bonds. The zero-order valence-electron chi connectivity index (χ0n) is 34.5. The smallest absolute Gasteiger partial charge is 0.143 e. The van der Waals surface area contributed by atoms with Crippen LogP contribution in [0.5, 0.6) is 0 Å². The van der Waals surface area contributed by atoms with Gasteiger partial charge < -0.3 is 13.7 Å². The number of thiophene rings is 1. The average molecular weight is 836 g/mol. The van der Waals surface area contributed by atoms with Crippen LogP contribution in [0.3, 0.4) is 0 Å². The van der Waals surface area contributed by atoms with E-state index in [9.17, 15) is 0 Å². The van der Waals surface area contributed by atoms with Crippen LogP contribution in [-0.4, -0.2) is 0 Å². The summed E-state index contributed by atoms with van der Waals surface area (Å²) in [5.74, 6) is 0. The van der Waals surface area contributed by atoms with Gasteiger partial charge in [0.25, 0.3) is 0 Å². The molecule has 300 valence electrons. The Morgan fingerprint density at radius 1 is 0.344 bits per heavy atom. The second kappa shape index (κ2) is 14.7. The van der Waals surface area contributed by atoms with Crippen LogP contribution in [0, 0.1) is 0 Å². The summed E-state index contributed by atoms with van der Waals surface area (Å²) in [6, 6.07) is 80.3. The van der Waals surface area contributed by atoms with Crippen molar-refractivity contribution in [3.8, 4) is 44.5 Å². The first-order valence-electron chi connectivity index (χ1n) is 21.7. The fourth-order valence-electron chi connectivity index (χ4n) is 9.75. The van der Waals surface area contributed by atoms with E-state index < -0.39 is 0 Å². The number of hydrogen-bond acceptors (Lipinski definition) is 4. The Kier molecular flexibility index (Phi) is 8.40. The summed E-state index contributed by atoms with van der Waals surface area (Å²) in [7, 11) is 0. The van der Waals surface area contributed by atoms with Crippen molar-refractivity contribution in [1.82, 2.24) is 0 Å². The Hall–Kier alpha value is -8.18. The van der Waals surface area contributed by atoms with E-state index in [0.717, 1.165) is 83.2 Å². The molecule has 0 bridgehead atoms. The molecule has 10 aromatic carbocycles. The number of hydrogen-bond donors (Lipinski definition) is 0. The minimum absolute atomic E-state index is 0.822. The highest BCUT2D eigenvalue weighted by molar-refractivity contribution is 7.26. The first-order valence-corrected chi connectivity index (χ1v) is 22.5. The molecule has 0 saturated carbocycles. The van der Waals surface area contributed by atoms with Gasteiger partial charge in [-0.2, -0.15) is 0 Å². The molecule has 0 aliphatic rings. The quantitative estimate of drug-likeness (QED) is 0.160. The predicted octanol–water partition coefficient (Wildman–Crippen LogP) is 18.0. The molecule has 0 N–H and O–H groups in total. The van der Waals surface area contributed by atoms with Crippen LogP contribution in [0.15, 0.2) is 233 Å². The van der Waals surface area contributed by atoms with Gasteiger partial charge in [0.05, 0.1) is 16.8 Å². The molecule has 3 heterocycles. The summed E-state index contributed by atoms with van der Waals surface area (Å²) >= 11 is 1.86. The highest BCUT2D eigenvalue weighted by atomic mass is 32.1. The van der Waals surface area contributed by atoms with Gasteiger partial charge in [-0.25, -0.2) is 0 Å². The van der Waals surface area contributed by atoms with Crippen molar-refractivity contribution in [3.05, 3.63) is 224 Å². The lowest BCUT2D eigenvalue weighted by Gasteiger charge is -2.30. The Morgan fingerprint density at radius 3 is 1.70 bits per heavy atom. The van der Waals surface area contributed by atoms with Gasteiger partial charge in [0.1, 0.15) is 22.3 Å². The summed E-state index contributed by atoms with van der Waals surface area (Å²) in [6.45, 7) is 0. The van der Waals surface area contributed by atoms with E-state index in [4.69, 9.17) is 8.83 Å². The molecule has 3 aromatic heterocycles. The third-order valence-corrected chi connectivity index (χ3v) is 13.9. The Balaban J connectivity index is 1.18. The first kappa shape index (κ1) is 36.5. The molecular weight excluding hydrogens is 799 g/mol. The van der Waals surface area contributed by atoms with Crippen LogP contribution in [0.25, 0.3) is 109 Å². The molecule has 0 unspecified atom stereocenters. The van der Waals surface area contributed by atoms with Gasteiger partial charge in [0, 0.05) is 59.2 Å². The topological polar surface area (TPSA) is 29.5 Å². The molecule has 0 spiro atoms. The van der Waals surface area contributed by atoms with Crippen LogP contribution >= 0.6 is 11.3 Å². The van der Waals surface area contributed by atoms with E-state index in [0.29, 0.717) is 0 Å². The van der Waals surface area contributed by atoms with Crippen LogP contribution in [-0.2, 0) is 0 Å². The highest BCUT2D eigenvalue weighted by Gasteiger charge is 2.28. The van der Waals surface area contributed by atoms with Crippen molar-refractivity contribution >= 4 is 92.4 Å². The maximum absolute atomic E-state index is 7.03. The largest absolute Gasteiger partial charge is 0.456 e. The Morgan fingerprint density at radius 2 is 0.953 bits per heavy atom. The van der Waals surface area contributed by atoms with Crippen molar-refractivity contribution in [1.29, 1.82) is 0 Å². The van der Waals surface area contributed by atoms with Gasteiger partial charge in [-0.3, -0.25) is 0 Å². The van der Waals surface area contributed by atoms with Crippen molar-refractivity contribution in [2.75, 3.05) is 4.90 Å². The standard InChI is InChI=1S/C60H37NO2S/c1-5-16-38(17-6-1)42-28-30-49-55(36-42)64-60-46(41-22-11-4-12-23-41)32-34-51(56(49)60)61(43-29-31-48-47-24-13-14-27-52(47)62-54(48)37-43)58-44(39-18-7-2-8-19-39)33-35-53-57(58)50-26-15-25-45(59(50)63-53)40-20-9-3-10-21-40/h1-37H. The third-order valence-electron chi connectivity index (χ3n) is 12.7. The van der Waals surface area contributed by atoms with Gasteiger partial charge >= 0.3 is 0 Å². The van der Waals surface area contributed by atoms with E-state index >= 15 is 0 Å². The lowest BCUT2D eigenvalue weighted by molar-refractivity contribution is 0.669. The fourth-order valence-corrected chi connectivity index (χ4v) is 11.0. The fraction of sp³-hybridized carbons (Fsp3) is 0. The van der Waals surface area contributed by atoms with Crippen LogP contribution in [0.2, 0.25) is 0 Å². The van der Waals surface area contributed by atoms with Gasteiger partial charge in [-0.05, 0) is 75.8 Å². The molecule has 0 saturated heterocycles. The molecule has 0 atom stereocenters. The molecule has 0 radical (unpaired) electrons. The first-order chi connectivity index (χ1) is 31.7. The lowest BCUT2D eigenvalue weighted by Crippen LogP contribution is -2.12. The van der Waals surface area contributed by atoms with Crippen molar-refractivity contribution in [2.24, 2.45) is 0 Å².